The Hall–Kier alpha value is -0.600. The number of benzene rings is 1. The molecule has 1 heterocycles. The van der Waals surface area contributed by atoms with E-state index in [2.05, 4.69) is 11.8 Å². The molecule has 0 amide bonds. The van der Waals surface area contributed by atoms with Crippen molar-refractivity contribution in [3.63, 3.8) is 0 Å². The predicted octanol–water partition coefficient (Wildman–Crippen LogP) is 3.95. The first kappa shape index (κ1) is 11.9. The second-order valence-electron chi connectivity index (χ2n) is 4.37. The molecule has 1 aliphatic rings. The Morgan fingerprint density at radius 1 is 1.25 bits per heavy atom. The molecule has 0 bridgehead atoms. The molecule has 2 rings (SSSR count). The zero-order valence-electron chi connectivity index (χ0n) is 9.34. The Balaban J connectivity index is 2.38. The van der Waals surface area contributed by atoms with E-state index in [4.69, 9.17) is 28.9 Å². The summed E-state index contributed by atoms with van der Waals surface area (Å²) in [5.41, 5.74) is 7.25. The lowest BCUT2D eigenvalue weighted by atomic mass is 10.0. The molecule has 1 fully saturated rings. The van der Waals surface area contributed by atoms with Gasteiger partial charge in [0, 0.05) is 18.3 Å². The standard InChI is InChI=1S/C12H16Cl2N2/c1-8-4-2-3-5-16(8)12-10(13)6-9(15)7-11(12)14/h6-8H,2-5,15H2,1H3/t8-/m1/s1. The van der Waals surface area contributed by atoms with Crippen LogP contribution in [-0.2, 0) is 0 Å². The van der Waals surface area contributed by atoms with Crippen molar-refractivity contribution >= 4 is 34.6 Å². The van der Waals surface area contributed by atoms with Gasteiger partial charge in [0.05, 0.1) is 15.7 Å². The van der Waals surface area contributed by atoms with E-state index in [1.54, 1.807) is 12.1 Å². The highest BCUT2D eigenvalue weighted by molar-refractivity contribution is 6.39. The predicted molar refractivity (Wildman–Crippen MR) is 71.5 cm³/mol. The van der Waals surface area contributed by atoms with Crippen molar-refractivity contribution in [1.29, 1.82) is 0 Å². The topological polar surface area (TPSA) is 29.3 Å². The van der Waals surface area contributed by atoms with Crippen LogP contribution in [0.3, 0.4) is 0 Å². The smallest absolute Gasteiger partial charge is 0.0748 e. The average Bonchev–Trinajstić information content (AvgIpc) is 2.19. The van der Waals surface area contributed by atoms with Crippen LogP contribution in [-0.4, -0.2) is 12.6 Å². The van der Waals surface area contributed by atoms with Crippen LogP contribution in [0.25, 0.3) is 0 Å². The maximum Gasteiger partial charge on any atom is 0.0748 e. The summed E-state index contributed by atoms with van der Waals surface area (Å²) in [7, 11) is 0. The molecule has 1 aromatic carbocycles. The van der Waals surface area contributed by atoms with E-state index >= 15 is 0 Å². The van der Waals surface area contributed by atoms with E-state index in [-0.39, 0.29) is 0 Å². The number of hydrogen-bond donors (Lipinski definition) is 1. The number of hydrogen-bond acceptors (Lipinski definition) is 2. The summed E-state index contributed by atoms with van der Waals surface area (Å²) in [6.45, 7) is 3.23. The number of nitrogens with two attached hydrogens (primary N) is 1. The SMILES string of the molecule is C[C@@H]1CCCCN1c1c(Cl)cc(N)cc1Cl. The first-order valence-electron chi connectivity index (χ1n) is 5.60. The number of nitrogen functional groups attached to an aromatic ring is 1. The van der Waals surface area contributed by atoms with E-state index in [1.165, 1.54) is 19.3 Å². The van der Waals surface area contributed by atoms with E-state index in [0.29, 0.717) is 21.8 Å². The summed E-state index contributed by atoms with van der Waals surface area (Å²) >= 11 is 12.5. The fourth-order valence-electron chi connectivity index (χ4n) is 2.29. The monoisotopic (exact) mass is 258 g/mol. The van der Waals surface area contributed by atoms with Crippen LogP contribution in [0.2, 0.25) is 10.0 Å². The Morgan fingerprint density at radius 3 is 2.44 bits per heavy atom. The average molecular weight is 259 g/mol. The molecule has 4 heteroatoms. The summed E-state index contributed by atoms with van der Waals surface area (Å²) in [4.78, 5) is 2.29. The van der Waals surface area contributed by atoms with Gasteiger partial charge in [0.15, 0.2) is 0 Å². The van der Waals surface area contributed by atoms with Gasteiger partial charge in [-0.15, -0.1) is 0 Å². The Kier molecular flexibility index (Phi) is 3.50. The minimum atomic E-state index is 0.493. The van der Waals surface area contributed by atoms with Crippen LogP contribution in [0.15, 0.2) is 12.1 Å². The largest absolute Gasteiger partial charge is 0.399 e. The summed E-state index contributed by atoms with van der Waals surface area (Å²) < 4.78 is 0. The van der Waals surface area contributed by atoms with Gasteiger partial charge in [-0.05, 0) is 38.3 Å². The first-order chi connectivity index (χ1) is 7.59. The van der Waals surface area contributed by atoms with Gasteiger partial charge in [0.1, 0.15) is 0 Å². The lowest BCUT2D eigenvalue weighted by molar-refractivity contribution is 0.485. The molecule has 1 aromatic rings. The van der Waals surface area contributed by atoms with Crippen LogP contribution in [0.4, 0.5) is 11.4 Å². The van der Waals surface area contributed by atoms with Crippen molar-refractivity contribution in [2.24, 2.45) is 0 Å². The van der Waals surface area contributed by atoms with Gasteiger partial charge in [-0.3, -0.25) is 0 Å². The maximum absolute atomic E-state index is 6.23. The number of halogens is 2. The zero-order valence-corrected chi connectivity index (χ0v) is 10.9. The second kappa shape index (κ2) is 4.72. The minimum absolute atomic E-state index is 0.493. The molecule has 2 N–H and O–H groups in total. The molecule has 0 saturated carbocycles. The van der Waals surface area contributed by atoms with Gasteiger partial charge in [-0.2, -0.15) is 0 Å². The summed E-state index contributed by atoms with van der Waals surface area (Å²) in [5, 5.41) is 1.30. The van der Waals surface area contributed by atoms with Crippen LogP contribution >= 0.6 is 23.2 Å². The summed E-state index contributed by atoms with van der Waals surface area (Å²) in [5.74, 6) is 0. The molecule has 0 unspecified atom stereocenters. The van der Waals surface area contributed by atoms with Gasteiger partial charge in [-0.1, -0.05) is 23.2 Å². The van der Waals surface area contributed by atoms with Crippen LogP contribution in [0.1, 0.15) is 26.2 Å². The maximum atomic E-state index is 6.23. The fourth-order valence-corrected chi connectivity index (χ4v) is 3.01. The van der Waals surface area contributed by atoms with Crippen molar-refractivity contribution < 1.29 is 0 Å². The minimum Gasteiger partial charge on any atom is -0.399 e. The lowest BCUT2D eigenvalue weighted by Gasteiger charge is -2.36. The Bertz CT molecular complexity index is 370. The third-order valence-electron chi connectivity index (χ3n) is 3.13. The fraction of sp³-hybridized carbons (Fsp3) is 0.500. The van der Waals surface area contributed by atoms with Gasteiger partial charge in [0.25, 0.3) is 0 Å². The lowest BCUT2D eigenvalue weighted by Crippen LogP contribution is -2.37. The molecule has 2 nitrogen and oxygen atoms in total. The van der Waals surface area contributed by atoms with Crippen LogP contribution in [0, 0.1) is 0 Å². The van der Waals surface area contributed by atoms with Gasteiger partial charge >= 0.3 is 0 Å². The Morgan fingerprint density at radius 2 is 1.88 bits per heavy atom. The molecular weight excluding hydrogens is 243 g/mol. The third-order valence-corrected chi connectivity index (χ3v) is 3.71. The normalized spacial score (nSPS) is 21.2. The molecule has 1 atom stereocenters. The summed E-state index contributed by atoms with van der Waals surface area (Å²) in [6, 6.07) is 4.03. The highest BCUT2D eigenvalue weighted by Crippen LogP contribution is 2.38. The molecule has 0 radical (unpaired) electrons. The number of anilines is 2. The number of rotatable bonds is 1. The van der Waals surface area contributed by atoms with Gasteiger partial charge < -0.3 is 10.6 Å². The number of nitrogens with zero attached hydrogens (tertiary/aromatic N) is 1. The first-order valence-corrected chi connectivity index (χ1v) is 6.36. The van der Waals surface area contributed by atoms with Gasteiger partial charge in [0.2, 0.25) is 0 Å². The second-order valence-corrected chi connectivity index (χ2v) is 5.19. The van der Waals surface area contributed by atoms with E-state index in [1.807, 2.05) is 0 Å². The summed E-state index contributed by atoms with van der Waals surface area (Å²) in [6.07, 6.45) is 3.67. The molecule has 88 valence electrons. The van der Waals surface area contributed by atoms with E-state index in [9.17, 15) is 0 Å². The Labute approximate surface area is 106 Å². The molecule has 1 saturated heterocycles. The van der Waals surface area contributed by atoms with Crippen molar-refractivity contribution in [3.8, 4) is 0 Å². The van der Waals surface area contributed by atoms with Crippen LogP contribution < -0.4 is 10.6 Å². The number of piperidine rings is 1. The quantitative estimate of drug-likeness (QED) is 0.773. The van der Waals surface area contributed by atoms with Crippen molar-refractivity contribution in [1.82, 2.24) is 0 Å². The molecule has 0 aromatic heterocycles. The highest BCUT2D eigenvalue weighted by atomic mass is 35.5. The van der Waals surface area contributed by atoms with E-state index < -0.39 is 0 Å². The highest BCUT2D eigenvalue weighted by Gasteiger charge is 2.22. The molecule has 0 spiro atoms. The van der Waals surface area contributed by atoms with Crippen molar-refractivity contribution in [2.75, 3.05) is 17.2 Å². The molecule has 1 aliphatic heterocycles. The van der Waals surface area contributed by atoms with E-state index in [0.717, 1.165) is 12.2 Å². The molecular formula is C12H16Cl2N2. The van der Waals surface area contributed by atoms with Gasteiger partial charge in [-0.25, -0.2) is 0 Å². The molecule has 0 aliphatic carbocycles. The molecule has 16 heavy (non-hydrogen) atoms. The van der Waals surface area contributed by atoms with Crippen molar-refractivity contribution in [3.05, 3.63) is 22.2 Å². The van der Waals surface area contributed by atoms with Crippen LogP contribution in [0.5, 0.6) is 0 Å². The van der Waals surface area contributed by atoms with Crippen molar-refractivity contribution in [2.45, 2.75) is 32.2 Å². The zero-order chi connectivity index (χ0) is 11.7. The third kappa shape index (κ3) is 2.23.